The summed E-state index contributed by atoms with van der Waals surface area (Å²) >= 11 is 3.47. The molecule has 36 heavy (non-hydrogen) atoms. The quantitative estimate of drug-likeness (QED) is 0.262. The third kappa shape index (κ3) is 8.83. The zero-order valence-electron chi connectivity index (χ0n) is 21.1. The van der Waals surface area contributed by atoms with Gasteiger partial charge in [-0.15, -0.1) is 0 Å². The third-order valence-electron chi connectivity index (χ3n) is 5.91. The van der Waals surface area contributed by atoms with Gasteiger partial charge in [0, 0.05) is 30.4 Å². The average Bonchev–Trinajstić information content (AvgIpc) is 2.89. The topological polar surface area (TPSA) is 58.6 Å². The van der Waals surface area contributed by atoms with Crippen molar-refractivity contribution < 1.29 is 14.3 Å². The molecule has 3 aromatic carbocycles. The fourth-order valence-corrected chi connectivity index (χ4v) is 4.16. The maximum atomic E-state index is 13.6. The molecule has 1 unspecified atom stereocenters. The zero-order chi connectivity index (χ0) is 25.8. The first-order valence-electron chi connectivity index (χ1n) is 12.5. The van der Waals surface area contributed by atoms with Crippen molar-refractivity contribution in [3.8, 4) is 5.75 Å². The molecule has 3 aromatic rings. The first kappa shape index (κ1) is 27.5. The lowest BCUT2D eigenvalue weighted by molar-refractivity contribution is -0.141. The van der Waals surface area contributed by atoms with E-state index in [9.17, 15) is 9.59 Å². The Hall–Kier alpha value is -3.12. The number of benzene rings is 3. The van der Waals surface area contributed by atoms with Gasteiger partial charge >= 0.3 is 0 Å². The maximum absolute atomic E-state index is 13.6. The van der Waals surface area contributed by atoms with Crippen LogP contribution in [0.2, 0.25) is 0 Å². The second-order valence-corrected chi connectivity index (χ2v) is 9.83. The Labute approximate surface area is 223 Å². The van der Waals surface area contributed by atoms with Crippen LogP contribution in [0.1, 0.15) is 42.9 Å². The van der Waals surface area contributed by atoms with E-state index in [4.69, 9.17) is 4.74 Å². The zero-order valence-corrected chi connectivity index (χ0v) is 22.7. The van der Waals surface area contributed by atoms with Gasteiger partial charge in [0.25, 0.3) is 0 Å². The van der Waals surface area contributed by atoms with Crippen LogP contribution in [0.25, 0.3) is 0 Å². The van der Waals surface area contributed by atoms with Crippen LogP contribution < -0.4 is 10.1 Å². The minimum atomic E-state index is -0.604. The van der Waals surface area contributed by atoms with Gasteiger partial charge in [0.1, 0.15) is 11.8 Å². The summed E-state index contributed by atoms with van der Waals surface area (Å²) in [5, 5.41) is 3.01. The number of rotatable bonds is 13. The number of amides is 2. The molecule has 5 nitrogen and oxygen atoms in total. The summed E-state index contributed by atoms with van der Waals surface area (Å²) in [6.45, 7) is 5.43. The van der Waals surface area contributed by atoms with Crippen LogP contribution in [-0.4, -0.2) is 35.9 Å². The summed E-state index contributed by atoms with van der Waals surface area (Å²) < 4.78 is 6.80. The highest BCUT2D eigenvalue weighted by Gasteiger charge is 2.30. The van der Waals surface area contributed by atoms with E-state index >= 15 is 0 Å². The molecule has 0 bridgehead atoms. The summed E-state index contributed by atoms with van der Waals surface area (Å²) in [5.74, 6) is 0.612. The first-order valence-corrected chi connectivity index (χ1v) is 13.3. The minimum Gasteiger partial charge on any atom is -0.494 e. The van der Waals surface area contributed by atoms with Gasteiger partial charge in [-0.2, -0.15) is 0 Å². The van der Waals surface area contributed by atoms with Crippen LogP contribution in [0.5, 0.6) is 5.75 Å². The van der Waals surface area contributed by atoms with Crippen LogP contribution >= 0.6 is 15.9 Å². The van der Waals surface area contributed by atoms with Crippen molar-refractivity contribution in [3.05, 3.63) is 100 Å². The first-order chi connectivity index (χ1) is 17.5. The van der Waals surface area contributed by atoms with Gasteiger partial charge in [0.05, 0.1) is 6.61 Å². The molecular formula is C30H35BrN2O3. The molecule has 2 amide bonds. The highest BCUT2D eigenvalue weighted by molar-refractivity contribution is 9.10. The van der Waals surface area contributed by atoms with Crippen molar-refractivity contribution in [2.24, 2.45) is 0 Å². The number of ether oxygens (including phenoxy) is 1. The number of hydrogen-bond donors (Lipinski definition) is 1. The van der Waals surface area contributed by atoms with Crippen LogP contribution in [0.4, 0.5) is 0 Å². The number of nitrogens with zero attached hydrogens (tertiary/aromatic N) is 1. The second kappa shape index (κ2) is 14.4. The third-order valence-corrected chi connectivity index (χ3v) is 6.44. The van der Waals surface area contributed by atoms with E-state index in [1.165, 1.54) is 5.56 Å². The molecule has 0 saturated carbocycles. The maximum Gasteiger partial charge on any atom is 0.243 e. The lowest BCUT2D eigenvalue weighted by Gasteiger charge is -2.31. The van der Waals surface area contributed by atoms with E-state index in [2.05, 4.69) is 21.2 Å². The fraction of sp³-hybridized carbons (Fsp3) is 0.333. The van der Waals surface area contributed by atoms with Crippen molar-refractivity contribution in [3.63, 3.8) is 0 Å². The summed E-state index contributed by atoms with van der Waals surface area (Å²) in [4.78, 5) is 28.6. The molecule has 0 aliphatic heterocycles. The number of aryl methyl sites for hydroxylation is 1. The van der Waals surface area contributed by atoms with Crippen LogP contribution in [0.3, 0.4) is 0 Å². The molecular weight excluding hydrogens is 516 g/mol. The Balaban J connectivity index is 1.76. The van der Waals surface area contributed by atoms with E-state index in [1.54, 1.807) is 4.90 Å². The molecule has 0 fully saturated rings. The molecule has 0 aromatic heterocycles. The van der Waals surface area contributed by atoms with E-state index in [0.29, 0.717) is 39.0 Å². The van der Waals surface area contributed by atoms with Crippen molar-refractivity contribution >= 4 is 27.7 Å². The summed E-state index contributed by atoms with van der Waals surface area (Å²) in [5.41, 5.74) is 3.17. The molecule has 1 N–H and O–H groups in total. The second-order valence-electron chi connectivity index (χ2n) is 8.91. The molecule has 190 valence electrons. The Morgan fingerprint density at radius 2 is 1.64 bits per heavy atom. The lowest BCUT2D eigenvalue weighted by Crippen LogP contribution is -2.50. The van der Waals surface area contributed by atoms with E-state index in [0.717, 1.165) is 27.8 Å². The van der Waals surface area contributed by atoms with Gasteiger partial charge in [-0.05, 0) is 55.2 Å². The minimum absolute atomic E-state index is 0.0574. The molecule has 0 aliphatic rings. The highest BCUT2D eigenvalue weighted by atomic mass is 79.9. The summed E-state index contributed by atoms with van der Waals surface area (Å²) in [7, 11) is 0. The van der Waals surface area contributed by atoms with Crippen LogP contribution in [0, 0.1) is 6.92 Å². The Morgan fingerprint density at radius 1 is 0.944 bits per heavy atom. The van der Waals surface area contributed by atoms with Crippen molar-refractivity contribution in [1.29, 1.82) is 0 Å². The van der Waals surface area contributed by atoms with E-state index in [-0.39, 0.29) is 11.8 Å². The largest absolute Gasteiger partial charge is 0.494 e. The molecule has 0 aliphatic carbocycles. The van der Waals surface area contributed by atoms with Crippen LogP contribution in [0.15, 0.2) is 83.3 Å². The summed E-state index contributed by atoms with van der Waals surface area (Å²) in [6.07, 6.45) is 2.16. The summed E-state index contributed by atoms with van der Waals surface area (Å²) in [6, 6.07) is 25.0. The van der Waals surface area contributed by atoms with Gasteiger partial charge in [0.2, 0.25) is 11.8 Å². The molecule has 0 spiro atoms. The molecule has 0 heterocycles. The number of carbonyl (C=O) groups is 2. The Bertz CT molecular complexity index is 1090. The molecule has 0 radical (unpaired) electrons. The number of hydrogen-bond acceptors (Lipinski definition) is 3. The normalized spacial score (nSPS) is 11.5. The predicted octanol–water partition coefficient (Wildman–Crippen LogP) is 6.08. The van der Waals surface area contributed by atoms with Gasteiger partial charge in [-0.3, -0.25) is 9.59 Å². The fourth-order valence-electron chi connectivity index (χ4n) is 3.90. The number of carbonyl (C=O) groups excluding carboxylic acids is 2. The molecule has 6 heteroatoms. The van der Waals surface area contributed by atoms with Crippen molar-refractivity contribution in [1.82, 2.24) is 10.2 Å². The standard InChI is InChI=1S/C30H35BrN2O3/c1-3-19-32-30(35)28(21-24-8-5-4-6-9-24)33(22-25-13-15-26(31)16-14-25)29(34)10-7-20-36-27-17-11-23(2)12-18-27/h4-6,8-9,11-18,28H,3,7,10,19-22H2,1-2H3,(H,32,35). The molecule has 1 atom stereocenters. The van der Waals surface area contributed by atoms with E-state index in [1.807, 2.05) is 92.7 Å². The number of nitrogens with one attached hydrogen (secondary N) is 1. The molecule has 3 rings (SSSR count). The monoisotopic (exact) mass is 550 g/mol. The van der Waals surface area contributed by atoms with Crippen molar-refractivity contribution in [2.75, 3.05) is 13.2 Å². The highest BCUT2D eigenvalue weighted by Crippen LogP contribution is 2.19. The van der Waals surface area contributed by atoms with Gasteiger partial charge < -0.3 is 15.0 Å². The molecule has 0 saturated heterocycles. The SMILES string of the molecule is CCCNC(=O)C(Cc1ccccc1)N(Cc1ccc(Br)cc1)C(=O)CCCOc1ccc(C)cc1. The average molecular weight is 552 g/mol. The smallest absolute Gasteiger partial charge is 0.243 e. The van der Waals surface area contributed by atoms with Crippen LogP contribution in [-0.2, 0) is 22.6 Å². The number of halogens is 1. The predicted molar refractivity (Wildman–Crippen MR) is 148 cm³/mol. The van der Waals surface area contributed by atoms with Gasteiger partial charge in [0.15, 0.2) is 0 Å². The lowest BCUT2D eigenvalue weighted by atomic mass is 10.0. The Kier molecular flexibility index (Phi) is 11.0. The van der Waals surface area contributed by atoms with E-state index < -0.39 is 6.04 Å². The van der Waals surface area contributed by atoms with Crippen molar-refractivity contribution in [2.45, 2.75) is 52.1 Å². The Morgan fingerprint density at radius 3 is 2.31 bits per heavy atom. The van der Waals surface area contributed by atoms with Gasteiger partial charge in [-0.25, -0.2) is 0 Å². The van der Waals surface area contributed by atoms with Gasteiger partial charge in [-0.1, -0.05) is 83.0 Å².